The quantitative estimate of drug-likeness (QED) is 0.178. The predicted molar refractivity (Wildman–Crippen MR) is 208 cm³/mol. The summed E-state index contributed by atoms with van der Waals surface area (Å²) in [5.41, 5.74) is 10.8. The number of rotatable bonds is 4. The van der Waals surface area contributed by atoms with Crippen LogP contribution in [0.2, 0.25) is 0 Å². The Balaban J connectivity index is 1.15. The van der Waals surface area contributed by atoms with Gasteiger partial charge in [-0.1, -0.05) is 164 Å². The Morgan fingerprint density at radius 2 is 0.918 bits per heavy atom. The second-order valence-electron chi connectivity index (χ2n) is 12.7. The van der Waals surface area contributed by atoms with Gasteiger partial charge in [0.2, 0.25) is 0 Å². The molecule has 0 bridgehead atoms. The molecule has 0 saturated heterocycles. The van der Waals surface area contributed by atoms with Gasteiger partial charge in [-0.15, -0.1) is 0 Å². The first-order chi connectivity index (χ1) is 25.1. The van der Waals surface area contributed by atoms with Gasteiger partial charge in [0.1, 0.15) is 11.2 Å². The van der Waals surface area contributed by atoms with Crippen molar-refractivity contribution in [3.05, 3.63) is 182 Å². The summed E-state index contributed by atoms with van der Waals surface area (Å²) in [4.78, 5) is 0. The maximum Gasteiger partial charge on any atom is 0.143 e. The zero-order chi connectivity index (χ0) is 34.1. The molecule has 1 nitrogen and oxygen atoms in total. The maximum atomic E-state index is 8.08. The fourth-order valence-corrected chi connectivity index (χ4v) is 7.71. The molecule has 10 rings (SSSR count). The molecule has 0 N–H and O–H groups in total. The summed E-state index contributed by atoms with van der Waals surface area (Å²) in [5, 5.41) is 9.26. The van der Waals surface area contributed by atoms with Crippen LogP contribution in [0.15, 0.2) is 186 Å². The standard InChI is InChI=1S/C48H30O/c1-2-13-32(14-3-1)38-29-28-37(47-43-20-10-11-21-44(43)49-48(38)47)33-23-25-34(26-24-33)45-39-16-6-8-18-41(39)46(42-19-9-7-17-40(42)45)36-27-22-31-12-4-5-15-35(31)30-36/h1-30H/i1D,4D. The Morgan fingerprint density at radius 3 is 1.63 bits per heavy atom. The lowest BCUT2D eigenvalue weighted by atomic mass is 9.85. The summed E-state index contributed by atoms with van der Waals surface area (Å²) in [7, 11) is 0. The van der Waals surface area contributed by atoms with E-state index in [-0.39, 0.29) is 0 Å². The molecule has 1 aromatic heterocycles. The van der Waals surface area contributed by atoms with Gasteiger partial charge >= 0.3 is 0 Å². The van der Waals surface area contributed by atoms with E-state index in [4.69, 9.17) is 7.16 Å². The monoisotopic (exact) mass is 624 g/mol. The van der Waals surface area contributed by atoms with Crippen LogP contribution in [-0.2, 0) is 0 Å². The Hall–Kier alpha value is -6.44. The van der Waals surface area contributed by atoms with Crippen molar-refractivity contribution < 1.29 is 7.16 Å². The number of hydrogen-bond acceptors (Lipinski definition) is 1. The highest BCUT2D eigenvalue weighted by Gasteiger charge is 2.19. The van der Waals surface area contributed by atoms with Crippen molar-refractivity contribution in [3.8, 4) is 44.5 Å². The number of fused-ring (bicyclic) bond motifs is 6. The van der Waals surface area contributed by atoms with E-state index in [2.05, 4.69) is 115 Å². The molecule has 1 heteroatoms. The average molecular weight is 625 g/mol. The van der Waals surface area contributed by atoms with Gasteiger partial charge in [0.25, 0.3) is 0 Å². The van der Waals surface area contributed by atoms with Gasteiger partial charge < -0.3 is 4.42 Å². The van der Waals surface area contributed by atoms with Crippen LogP contribution < -0.4 is 0 Å². The van der Waals surface area contributed by atoms with E-state index in [1.165, 1.54) is 43.8 Å². The minimum Gasteiger partial charge on any atom is -0.455 e. The van der Waals surface area contributed by atoms with Gasteiger partial charge in [-0.2, -0.15) is 0 Å². The van der Waals surface area contributed by atoms with Crippen LogP contribution in [0, 0.1) is 0 Å². The normalized spacial score (nSPS) is 12.2. The average Bonchev–Trinajstić information content (AvgIpc) is 3.57. The third kappa shape index (κ3) is 4.40. The van der Waals surface area contributed by atoms with Crippen molar-refractivity contribution in [1.82, 2.24) is 0 Å². The predicted octanol–water partition coefficient (Wildman–Crippen LogP) is 13.7. The van der Waals surface area contributed by atoms with Gasteiger partial charge in [0, 0.05) is 16.3 Å². The number of furan rings is 1. The largest absolute Gasteiger partial charge is 0.455 e. The van der Waals surface area contributed by atoms with Crippen molar-refractivity contribution in [1.29, 1.82) is 0 Å². The van der Waals surface area contributed by atoms with E-state index in [0.29, 0.717) is 12.1 Å². The van der Waals surface area contributed by atoms with Gasteiger partial charge in [-0.05, 0) is 89.5 Å². The summed E-state index contributed by atoms with van der Waals surface area (Å²) < 4.78 is 22.6. The summed E-state index contributed by atoms with van der Waals surface area (Å²) in [6.07, 6.45) is 0. The summed E-state index contributed by atoms with van der Waals surface area (Å²) in [5.74, 6) is 0. The number of hydrogen-bond donors (Lipinski definition) is 0. The molecule has 0 radical (unpaired) electrons. The Morgan fingerprint density at radius 1 is 0.367 bits per heavy atom. The first kappa shape index (κ1) is 25.6. The van der Waals surface area contributed by atoms with Gasteiger partial charge in [0.05, 0.1) is 2.74 Å². The van der Waals surface area contributed by atoms with Crippen molar-refractivity contribution >= 4 is 54.3 Å². The second-order valence-corrected chi connectivity index (χ2v) is 12.7. The van der Waals surface area contributed by atoms with E-state index in [9.17, 15) is 0 Å². The maximum absolute atomic E-state index is 8.08. The zero-order valence-corrected chi connectivity index (χ0v) is 26.6. The fraction of sp³-hybridized carbons (Fsp3) is 0. The molecule has 49 heavy (non-hydrogen) atoms. The van der Waals surface area contributed by atoms with Crippen molar-refractivity contribution in [2.45, 2.75) is 0 Å². The molecule has 10 aromatic rings. The molecular weight excluding hydrogens is 593 g/mol. The molecular formula is C48H30O. The topological polar surface area (TPSA) is 13.1 Å². The first-order valence-electron chi connectivity index (χ1n) is 17.7. The van der Waals surface area contributed by atoms with E-state index >= 15 is 0 Å². The third-order valence-corrected chi connectivity index (χ3v) is 9.94. The lowest BCUT2D eigenvalue weighted by molar-refractivity contribution is 0.670. The highest BCUT2D eigenvalue weighted by atomic mass is 16.3. The Bertz CT molecular complexity index is 2910. The molecule has 0 aliphatic carbocycles. The van der Waals surface area contributed by atoms with Crippen LogP contribution in [0.3, 0.4) is 0 Å². The van der Waals surface area contributed by atoms with E-state index < -0.39 is 0 Å². The van der Waals surface area contributed by atoms with Crippen molar-refractivity contribution in [2.75, 3.05) is 0 Å². The zero-order valence-electron chi connectivity index (χ0n) is 28.6. The molecule has 0 aliphatic rings. The van der Waals surface area contributed by atoms with Crippen LogP contribution >= 0.6 is 0 Å². The summed E-state index contributed by atoms with van der Waals surface area (Å²) in [6.45, 7) is 0. The van der Waals surface area contributed by atoms with Gasteiger partial charge in [0.15, 0.2) is 0 Å². The van der Waals surface area contributed by atoms with E-state index in [1.54, 1.807) is 0 Å². The Kier molecular flexibility index (Phi) is 5.79. The lowest BCUT2D eigenvalue weighted by Crippen LogP contribution is -1.91. The van der Waals surface area contributed by atoms with E-state index in [0.717, 1.165) is 55.0 Å². The molecule has 9 aromatic carbocycles. The van der Waals surface area contributed by atoms with Crippen molar-refractivity contribution in [2.24, 2.45) is 0 Å². The van der Waals surface area contributed by atoms with Gasteiger partial charge in [-0.3, -0.25) is 0 Å². The second kappa shape index (κ2) is 11.1. The highest BCUT2D eigenvalue weighted by molar-refractivity contribution is 6.22. The molecule has 1 heterocycles. The summed E-state index contributed by atoms with van der Waals surface area (Å²) in [6, 6.07) is 60.2. The first-order valence-corrected chi connectivity index (χ1v) is 16.7. The molecule has 0 unspecified atom stereocenters. The fourth-order valence-electron chi connectivity index (χ4n) is 7.71. The molecule has 0 saturated carbocycles. The Labute approximate surface area is 287 Å². The minimum atomic E-state index is 0.490. The smallest absolute Gasteiger partial charge is 0.143 e. The third-order valence-electron chi connectivity index (χ3n) is 9.94. The van der Waals surface area contributed by atoms with Crippen LogP contribution in [-0.4, -0.2) is 0 Å². The SMILES string of the molecule is [2H]c1ccc(-c2ccc(-c3ccc(-c4c5ccccc5c(-c5ccc6cc([2H])ccc6c5)c5ccccc45)cc3)c3c2oc2ccccc23)cc1. The van der Waals surface area contributed by atoms with Crippen LogP contribution in [0.25, 0.3) is 98.8 Å². The van der Waals surface area contributed by atoms with Crippen LogP contribution in [0.4, 0.5) is 0 Å². The molecule has 0 amide bonds. The van der Waals surface area contributed by atoms with Crippen molar-refractivity contribution in [3.63, 3.8) is 0 Å². The molecule has 228 valence electrons. The van der Waals surface area contributed by atoms with Crippen LogP contribution in [0.1, 0.15) is 2.74 Å². The number of para-hydroxylation sites is 1. The molecule has 0 aliphatic heterocycles. The van der Waals surface area contributed by atoms with E-state index in [1.807, 2.05) is 54.6 Å². The summed E-state index contributed by atoms with van der Waals surface area (Å²) >= 11 is 0. The molecule has 0 atom stereocenters. The molecule has 0 fully saturated rings. The number of benzene rings is 9. The minimum absolute atomic E-state index is 0.490. The molecule has 0 spiro atoms. The highest BCUT2D eigenvalue weighted by Crippen LogP contribution is 2.46. The van der Waals surface area contributed by atoms with Crippen LogP contribution in [0.5, 0.6) is 0 Å². The lowest BCUT2D eigenvalue weighted by Gasteiger charge is -2.18. The van der Waals surface area contributed by atoms with Gasteiger partial charge in [-0.25, -0.2) is 0 Å².